The maximum absolute atomic E-state index is 12.6. The quantitative estimate of drug-likeness (QED) is 0.0264. The maximum Gasteiger partial charge on any atom is 0.472 e. The van der Waals surface area contributed by atoms with Gasteiger partial charge in [-0.1, -0.05) is 220 Å². The van der Waals surface area contributed by atoms with Gasteiger partial charge in [0.25, 0.3) is 0 Å². The van der Waals surface area contributed by atoms with Gasteiger partial charge in [0, 0.05) is 19.4 Å². The number of ether oxygens (including phenoxy) is 2. The lowest BCUT2D eigenvalue weighted by Gasteiger charge is -2.19. The molecular weight excluding hydrogens is 858 g/mol. The Morgan fingerprint density at radius 3 is 1.22 bits per heavy atom. The smallest absolute Gasteiger partial charge is 0.462 e. The van der Waals surface area contributed by atoms with Crippen LogP contribution in [0.15, 0.2) is 109 Å². The zero-order valence-electron chi connectivity index (χ0n) is 42.3. The molecular formula is C57H96NO8P. The van der Waals surface area contributed by atoms with E-state index in [2.05, 4.69) is 123 Å². The maximum atomic E-state index is 12.6. The van der Waals surface area contributed by atoms with Gasteiger partial charge in [0.2, 0.25) is 0 Å². The first-order chi connectivity index (χ1) is 32.8. The number of unbranched alkanes of at least 4 members (excludes halogenated alkanes) is 17. The summed E-state index contributed by atoms with van der Waals surface area (Å²) in [4.78, 5) is 34.9. The summed E-state index contributed by atoms with van der Waals surface area (Å²) >= 11 is 0. The molecule has 0 saturated heterocycles. The van der Waals surface area contributed by atoms with Crippen LogP contribution in [-0.4, -0.2) is 49.3 Å². The zero-order chi connectivity index (χ0) is 48.8. The highest BCUT2D eigenvalue weighted by Crippen LogP contribution is 2.43. The van der Waals surface area contributed by atoms with Crippen molar-refractivity contribution in [1.82, 2.24) is 0 Å². The number of allylic oxidation sites excluding steroid dienone is 18. The fourth-order valence-electron chi connectivity index (χ4n) is 6.80. The second-order valence-electron chi connectivity index (χ2n) is 17.0. The molecule has 0 saturated carbocycles. The highest BCUT2D eigenvalue weighted by Gasteiger charge is 2.26. The van der Waals surface area contributed by atoms with E-state index in [-0.39, 0.29) is 38.6 Å². The first-order valence-corrected chi connectivity index (χ1v) is 27.9. The predicted molar refractivity (Wildman–Crippen MR) is 284 cm³/mol. The van der Waals surface area contributed by atoms with E-state index >= 15 is 0 Å². The number of esters is 2. The Labute approximate surface area is 409 Å². The predicted octanol–water partition coefficient (Wildman–Crippen LogP) is 16.3. The summed E-state index contributed by atoms with van der Waals surface area (Å²) in [6.45, 7) is 3.58. The van der Waals surface area contributed by atoms with E-state index in [1.807, 2.05) is 0 Å². The van der Waals surface area contributed by atoms with Crippen molar-refractivity contribution in [3.05, 3.63) is 109 Å². The summed E-state index contributed by atoms with van der Waals surface area (Å²) < 4.78 is 32.8. The molecule has 0 amide bonds. The molecule has 0 fully saturated rings. The van der Waals surface area contributed by atoms with Crippen molar-refractivity contribution >= 4 is 19.8 Å². The molecule has 67 heavy (non-hydrogen) atoms. The van der Waals surface area contributed by atoms with Crippen LogP contribution in [0.2, 0.25) is 0 Å². The van der Waals surface area contributed by atoms with Gasteiger partial charge in [-0.15, -0.1) is 0 Å². The molecule has 10 heteroatoms. The fraction of sp³-hybridized carbons (Fsp3) is 0.649. The summed E-state index contributed by atoms with van der Waals surface area (Å²) in [5, 5.41) is 0. The van der Waals surface area contributed by atoms with Gasteiger partial charge in [0.05, 0.1) is 13.2 Å². The highest BCUT2D eigenvalue weighted by atomic mass is 31.2. The Hall–Kier alpha value is -3.33. The number of carbonyl (C=O) groups is 2. The van der Waals surface area contributed by atoms with Crippen LogP contribution < -0.4 is 5.73 Å². The van der Waals surface area contributed by atoms with Crippen LogP contribution in [0.3, 0.4) is 0 Å². The molecule has 0 aliphatic rings. The number of rotatable bonds is 48. The minimum absolute atomic E-state index is 0.0486. The molecule has 0 aromatic carbocycles. The van der Waals surface area contributed by atoms with E-state index in [9.17, 15) is 19.0 Å². The Balaban J connectivity index is 3.95. The average molecular weight is 954 g/mol. The number of phosphoric ester groups is 1. The number of carbonyl (C=O) groups excluding carboxylic acids is 2. The van der Waals surface area contributed by atoms with Gasteiger partial charge in [-0.2, -0.15) is 0 Å². The molecule has 0 spiro atoms. The monoisotopic (exact) mass is 954 g/mol. The van der Waals surface area contributed by atoms with Gasteiger partial charge in [0.1, 0.15) is 6.61 Å². The van der Waals surface area contributed by atoms with Crippen molar-refractivity contribution in [3.63, 3.8) is 0 Å². The van der Waals surface area contributed by atoms with E-state index < -0.39 is 26.5 Å². The second-order valence-corrected chi connectivity index (χ2v) is 18.5. The Bertz CT molecular complexity index is 1460. The van der Waals surface area contributed by atoms with Crippen LogP contribution >= 0.6 is 7.82 Å². The minimum atomic E-state index is -4.38. The van der Waals surface area contributed by atoms with Gasteiger partial charge in [-0.05, 0) is 83.5 Å². The molecule has 0 aromatic rings. The molecule has 3 N–H and O–H groups in total. The van der Waals surface area contributed by atoms with Crippen LogP contribution in [0.5, 0.6) is 0 Å². The Morgan fingerprint density at radius 2 is 0.821 bits per heavy atom. The zero-order valence-corrected chi connectivity index (χ0v) is 43.2. The van der Waals surface area contributed by atoms with Gasteiger partial charge >= 0.3 is 19.8 Å². The van der Waals surface area contributed by atoms with Gasteiger partial charge in [-0.3, -0.25) is 18.6 Å². The third-order valence-corrected chi connectivity index (χ3v) is 11.7. The van der Waals surface area contributed by atoms with E-state index in [1.165, 1.54) is 70.6 Å². The Morgan fingerprint density at radius 1 is 0.463 bits per heavy atom. The van der Waals surface area contributed by atoms with Gasteiger partial charge in [0.15, 0.2) is 6.10 Å². The number of hydrogen-bond acceptors (Lipinski definition) is 8. The van der Waals surface area contributed by atoms with Crippen molar-refractivity contribution in [2.75, 3.05) is 26.4 Å². The molecule has 0 aliphatic carbocycles. The largest absolute Gasteiger partial charge is 0.472 e. The van der Waals surface area contributed by atoms with Crippen LogP contribution in [-0.2, 0) is 32.7 Å². The third-order valence-electron chi connectivity index (χ3n) is 10.7. The lowest BCUT2D eigenvalue weighted by Crippen LogP contribution is -2.29. The van der Waals surface area contributed by atoms with Crippen molar-refractivity contribution in [2.45, 2.75) is 213 Å². The van der Waals surface area contributed by atoms with Crippen LogP contribution in [0.1, 0.15) is 206 Å². The van der Waals surface area contributed by atoms with E-state index in [1.54, 1.807) is 0 Å². The first-order valence-electron chi connectivity index (χ1n) is 26.4. The minimum Gasteiger partial charge on any atom is -0.462 e. The summed E-state index contributed by atoms with van der Waals surface area (Å²) in [6, 6.07) is 0. The van der Waals surface area contributed by atoms with Crippen molar-refractivity contribution in [3.8, 4) is 0 Å². The SMILES string of the molecule is CC/C=C\C/C=C\C/C=C\C/C=C\C/C=C\C/C=C\C/C=C\C/C=C\C/C=C\CCCCCCCCCCCC(=O)OC(COC(=O)CCCCCCCCCCC)COP(=O)(O)OCCN. The first kappa shape index (κ1) is 63.7. The number of nitrogens with two attached hydrogens (primary N) is 1. The lowest BCUT2D eigenvalue weighted by atomic mass is 10.1. The summed E-state index contributed by atoms with van der Waals surface area (Å²) in [5.74, 6) is -0.843. The molecule has 0 heterocycles. The molecule has 0 rings (SSSR count). The van der Waals surface area contributed by atoms with E-state index in [0.717, 1.165) is 103 Å². The molecule has 382 valence electrons. The highest BCUT2D eigenvalue weighted by molar-refractivity contribution is 7.47. The van der Waals surface area contributed by atoms with Crippen LogP contribution in [0.25, 0.3) is 0 Å². The molecule has 0 aromatic heterocycles. The molecule has 2 unspecified atom stereocenters. The molecule has 0 aliphatic heterocycles. The molecule has 2 atom stereocenters. The standard InChI is InChI=1S/C57H96NO8P/c1-3-5-7-9-11-13-14-15-16-17-18-19-20-21-22-23-24-25-26-27-28-29-30-31-32-33-34-35-36-37-38-39-40-42-44-46-48-50-57(60)66-55(54-65-67(61,62)64-52-51-58)53-63-56(59)49-47-45-43-41-12-10-8-6-4-2/h5,7,11,13,15-16,18-19,21-22,24-25,27-28,30-31,33-34,55H,3-4,6,8-10,12,14,17,20,23,26,29,32,35-54,58H2,1-2H3,(H,61,62)/b7-5-,13-11-,16-15-,19-18-,22-21-,25-24-,28-27-,31-30-,34-33-. The lowest BCUT2D eigenvalue weighted by molar-refractivity contribution is -0.161. The Kier molecular flexibility index (Phi) is 49.5. The van der Waals surface area contributed by atoms with Gasteiger partial charge < -0.3 is 20.1 Å². The molecule has 9 nitrogen and oxygen atoms in total. The molecule has 0 radical (unpaired) electrons. The van der Waals surface area contributed by atoms with Crippen molar-refractivity contribution in [1.29, 1.82) is 0 Å². The number of hydrogen-bond donors (Lipinski definition) is 2. The normalized spacial score (nSPS) is 14.0. The number of phosphoric acid groups is 1. The average Bonchev–Trinajstić information content (AvgIpc) is 3.32. The van der Waals surface area contributed by atoms with E-state index in [4.69, 9.17) is 24.3 Å². The fourth-order valence-corrected chi connectivity index (χ4v) is 7.57. The van der Waals surface area contributed by atoms with Gasteiger partial charge in [-0.25, -0.2) is 4.57 Å². The summed E-state index contributed by atoms with van der Waals surface area (Å²) in [7, 11) is -4.38. The van der Waals surface area contributed by atoms with Crippen LogP contribution in [0.4, 0.5) is 0 Å². The topological polar surface area (TPSA) is 134 Å². The van der Waals surface area contributed by atoms with Crippen molar-refractivity contribution in [2.24, 2.45) is 5.73 Å². The molecule has 0 bridgehead atoms. The van der Waals surface area contributed by atoms with E-state index in [0.29, 0.717) is 6.42 Å². The summed E-state index contributed by atoms with van der Waals surface area (Å²) in [6.07, 6.45) is 70.1. The van der Waals surface area contributed by atoms with Crippen molar-refractivity contribution < 1.29 is 37.6 Å². The second kappa shape index (κ2) is 52.0. The van der Waals surface area contributed by atoms with Crippen LogP contribution in [0, 0.1) is 0 Å². The summed E-state index contributed by atoms with van der Waals surface area (Å²) in [5.41, 5.74) is 5.35. The third kappa shape index (κ3) is 51.9.